The lowest BCUT2D eigenvalue weighted by molar-refractivity contribution is 0.210. The van der Waals surface area contributed by atoms with E-state index in [1.54, 1.807) is 4.68 Å². The van der Waals surface area contributed by atoms with Crippen molar-refractivity contribution in [2.24, 2.45) is 0 Å². The van der Waals surface area contributed by atoms with Crippen molar-refractivity contribution in [2.75, 3.05) is 6.61 Å². The van der Waals surface area contributed by atoms with E-state index in [0.717, 1.165) is 24.2 Å². The van der Waals surface area contributed by atoms with Gasteiger partial charge in [-0.2, -0.15) is 5.26 Å². The molecule has 0 radical (unpaired) electrons. The average Bonchev–Trinajstić information content (AvgIpc) is 2.64. The van der Waals surface area contributed by atoms with Gasteiger partial charge in [-0.05, 0) is 12.8 Å². The second-order valence-corrected chi connectivity index (χ2v) is 3.36. The number of hydrogen-bond acceptors (Lipinski definition) is 4. The van der Waals surface area contributed by atoms with Crippen molar-refractivity contribution < 1.29 is 5.11 Å². The average molecular weight is 208 g/mol. The van der Waals surface area contributed by atoms with Gasteiger partial charge in [0, 0.05) is 0 Å². The first-order chi connectivity index (χ1) is 7.28. The maximum Gasteiger partial charge on any atom is 0.0999 e. The van der Waals surface area contributed by atoms with Crippen LogP contribution in [0.15, 0.2) is 0 Å². The van der Waals surface area contributed by atoms with Crippen LogP contribution in [0.2, 0.25) is 0 Å². The van der Waals surface area contributed by atoms with Crippen LogP contribution in [0.4, 0.5) is 0 Å². The molecule has 1 rings (SSSR count). The number of hydrogen-bond donors (Lipinski definition) is 1. The van der Waals surface area contributed by atoms with Gasteiger partial charge in [0.15, 0.2) is 0 Å². The number of aromatic nitrogens is 3. The largest absolute Gasteiger partial charge is 0.394 e. The molecule has 82 valence electrons. The summed E-state index contributed by atoms with van der Waals surface area (Å²) in [5.74, 6) is 0. The maximum absolute atomic E-state index is 9.18. The molecule has 0 fully saturated rings. The summed E-state index contributed by atoms with van der Waals surface area (Å²) in [4.78, 5) is 0. The first kappa shape index (κ1) is 11.7. The summed E-state index contributed by atoms with van der Waals surface area (Å²) < 4.78 is 1.74. The van der Waals surface area contributed by atoms with Crippen molar-refractivity contribution in [3.05, 3.63) is 11.4 Å². The molecule has 0 aliphatic rings. The van der Waals surface area contributed by atoms with Crippen LogP contribution < -0.4 is 0 Å². The summed E-state index contributed by atoms with van der Waals surface area (Å²) in [5.41, 5.74) is 1.68. The van der Waals surface area contributed by atoms with Crippen molar-refractivity contribution in [1.29, 1.82) is 5.26 Å². The lowest BCUT2D eigenvalue weighted by Crippen LogP contribution is -2.16. The van der Waals surface area contributed by atoms with Gasteiger partial charge in [-0.25, -0.2) is 4.68 Å². The highest BCUT2D eigenvalue weighted by Gasteiger charge is 2.16. The highest BCUT2D eigenvalue weighted by molar-refractivity contribution is 5.14. The Kier molecular flexibility index (Phi) is 4.25. The molecule has 15 heavy (non-hydrogen) atoms. The highest BCUT2D eigenvalue weighted by atomic mass is 16.3. The second-order valence-electron chi connectivity index (χ2n) is 3.36. The van der Waals surface area contributed by atoms with Crippen LogP contribution >= 0.6 is 0 Å². The van der Waals surface area contributed by atoms with Crippen LogP contribution in [0.5, 0.6) is 0 Å². The second kappa shape index (κ2) is 5.47. The molecule has 5 heteroatoms. The highest BCUT2D eigenvalue weighted by Crippen LogP contribution is 2.15. The molecule has 0 saturated carbocycles. The van der Waals surface area contributed by atoms with E-state index in [4.69, 9.17) is 5.26 Å². The molecule has 1 aromatic rings. The Morgan fingerprint density at radius 1 is 1.53 bits per heavy atom. The summed E-state index contributed by atoms with van der Waals surface area (Å²) in [6.07, 6.45) is 1.87. The zero-order valence-corrected chi connectivity index (χ0v) is 9.14. The fourth-order valence-corrected chi connectivity index (χ4v) is 1.60. The van der Waals surface area contributed by atoms with Crippen LogP contribution in [0.3, 0.4) is 0 Å². The zero-order valence-electron chi connectivity index (χ0n) is 9.14. The Hall–Kier alpha value is -1.41. The molecular formula is C10H16N4O. The fourth-order valence-electron chi connectivity index (χ4n) is 1.60. The minimum Gasteiger partial charge on any atom is -0.394 e. The number of rotatable bonds is 5. The lowest BCUT2D eigenvalue weighted by Gasteiger charge is -2.14. The molecule has 0 aromatic carbocycles. The third-order valence-corrected chi connectivity index (χ3v) is 2.48. The maximum atomic E-state index is 9.18. The van der Waals surface area contributed by atoms with Crippen LogP contribution in [-0.4, -0.2) is 26.7 Å². The minimum absolute atomic E-state index is 0.0279. The van der Waals surface area contributed by atoms with Gasteiger partial charge in [0.2, 0.25) is 0 Å². The predicted octanol–water partition coefficient (Wildman–Crippen LogP) is 0.850. The summed E-state index contributed by atoms with van der Waals surface area (Å²) in [7, 11) is 0. The molecule has 0 bridgehead atoms. The number of nitriles is 1. The molecule has 1 aromatic heterocycles. The minimum atomic E-state index is -0.0279. The lowest BCUT2D eigenvalue weighted by atomic mass is 10.2. The number of aliphatic hydroxyl groups excluding tert-OH is 1. The molecule has 0 aliphatic heterocycles. The van der Waals surface area contributed by atoms with E-state index in [-0.39, 0.29) is 19.1 Å². The Morgan fingerprint density at radius 2 is 2.27 bits per heavy atom. The van der Waals surface area contributed by atoms with E-state index < -0.39 is 0 Å². The SMILES string of the molecule is CCc1c(CC#N)nnn1C(CC)CO. The Labute approximate surface area is 89.3 Å². The zero-order chi connectivity index (χ0) is 11.3. The van der Waals surface area contributed by atoms with Crippen LogP contribution in [-0.2, 0) is 12.8 Å². The van der Waals surface area contributed by atoms with Gasteiger partial charge in [-0.15, -0.1) is 5.10 Å². The van der Waals surface area contributed by atoms with Crippen LogP contribution in [0.1, 0.15) is 37.7 Å². The topological polar surface area (TPSA) is 74.7 Å². The van der Waals surface area contributed by atoms with Crippen molar-refractivity contribution in [3.8, 4) is 6.07 Å². The number of nitrogens with zero attached hydrogens (tertiary/aromatic N) is 4. The van der Waals surface area contributed by atoms with Crippen LogP contribution in [0, 0.1) is 11.3 Å². The van der Waals surface area contributed by atoms with E-state index in [1.807, 2.05) is 13.8 Å². The van der Waals surface area contributed by atoms with Gasteiger partial charge in [0.25, 0.3) is 0 Å². The monoisotopic (exact) mass is 208 g/mol. The van der Waals surface area contributed by atoms with Crippen molar-refractivity contribution >= 4 is 0 Å². The van der Waals surface area contributed by atoms with E-state index in [9.17, 15) is 5.11 Å². The fraction of sp³-hybridized carbons (Fsp3) is 0.700. The van der Waals surface area contributed by atoms with Gasteiger partial charge in [0.05, 0.1) is 36.5 Å². The molecular weight excluding hydrogens is 192 g/mol. The predicted molar refractivity (Wildman–Crippen MR) is 55.1 cm³/mol. The molecule has 0 spiro atoms. The van der Waals surface area contributed by atoms with Crippen LogP contribution in [0.25, 0.3) is 0 Å². The summed E-state index contributed by atoms with van der Waals surface area (Å²) >= 11 is 0. The van der Waals surface area contributed by atoms with E-state index in [0.29, 0.717) is 0 Å². The van der Waals surface area contributed by atoms with Crippen molar-refractivity contribution in [3.63, 3.8) is 0 Å². The van der Waals surface area contributed by atoms with Gasteiger partial charge < -0.3 is 5.11 Å². The van der Waals surface area contributed by atoms with Crippen molar-refractivity contribution in [1.82, 2.24) is 15.0 Å². The normalized spacial score (nSPS) is 12.4. The molecule has 1 N–H and O–H groups in total. The van der Waals surface area contributed by atoms with E-state index in [1.165, 1.54) is 0 Å². The summed E-state index contributed by atoms with van der Waals surface area (Å²) in [6, 6.07) is 2.04. The smallest absolute Gasteiger partial charge is 0.0999 e. The van der Waals surface area contributed by atoms with Gasteiger partial charge in [-0.1, -0.05) is 19.1 Å². The molecule has 1 unspecified atom stereocenters. The standard InChI is InChI=1S/C10H16N4O/c1-3-8(7-15)14-10(4-2)9(5-6-11)12-13-14/h8,15H,3-5,7H2,1-2H3. The van der Waals surface area contributed by atoms with Gasteiger partial charge >= 0.3 is 0 Å². The van der Waals surface area contributed by atoms with E-state index >= 15 is 0 Å². The molecule has 0 amide bonds. The number of aliphatic hydroxyl groups is 1. The molecule has 0 saturated heterocycles. The molecule has 1 heterocycles. The first-order valence-corrected chi connectivity index (χ1v) is 5.19. The first-order valence-electron chi connectivity index (χ1n) is 5.19. The molecule has 5 nitrogen and oxygen atoms in total. The quantitative estimate of drug-likeness (QED) is 0.778. The van der Waals surface area contributed by atoms with Crippen molar-refractivity contribution in [2.45, 2.75) is 39.2 Å². The third kappa shape index (κ3) is 2.34. The summed E-state index contributed by atoms with van der Waals surface area (Å²) in [5, 5.41) is 25.8. The van der Waals surface area contributed by atoms with Gasteiger partial charge in [0.1, 0.15) is 0 Å². The molecule has 1 atom stereocenters. The van der Waals surface area contributed by atoms with Gasteiger partial charge in [-0.3, -0.25) is 0 Å². The Balaban J connectivity index is 3.03. The Bertz CT molecular complexity index is 349. The van der Waals surface area contributed by atoms with E-state index in [2.05, 4.69) is 16.4 Å². The Morgan fingerprint density at radius 3 is 2.73 bits per heavy atom. The molecule has 0 aliphatic carbocycles. The summed E-state index contributed by atoms with van der Waals surface area (Å²) in [6.45, 7) is 4.05. The third-order valence-electron chi connectivity index (χ3n) is 2.48.